The van der Waals surface area contributed by atoms with Crippen molar-refractivity contribution in [2.75, 3.05) is 0 Å². The lowest BCUT2D eigenvalue weighted by atomic mass is 10.3. The van der Waals surface area contributed by atoms with E-state index in [1.165, 1.54) is 0 Å². The highest BCUT2D eigenvalue weighted by Gasteiger charge is 2.04. The molecule has 2 heterocycles. The van der Waals surface area contributed by atoms with Crippen molar-refractivity contribution in [2.45, 2.75) is 6.61 Å². The summed E-state index contributed by atoms with van der Waals surface area (Å²) in [5.74, 6) is 0.907. The van der Waals surface area contributed by atoms with Crippen molar-refractivity contribution in [3.63, 3.8) is 0 Å². The van der Waals surface area contributed by atoms with Crippen molar-refractivity contribution in [3.05, 3.63) is 51.3 Å². The van der Waals surface area contributed by atoms with E-state index in [-0.39, 0.29) is 0 Å². The minimum atomic E-state index is 0.508. The van der Waals surface area contributed by atoms with Crippen LogP contribution in [0.25, 0.3) is 4.96 Å². The van der Waals surface area contributed by atoms with Crippen LogP contribution in [0.15, 0.2) is 42.0 Å². The molecule has 86 valence electrons. The summed E-state index contributed by atoms with van der Waals surface area (Å²) in [4.78, 5) is 5.48. The van der Waals surface area contributed by atoms with Crippen molar-refractivity contribution in [3.8, 4) is 5.75 Å². The Bertz CT molecular complexity index is 618. The first kappa shape index (κ1) is 11.0. The number of fused-ring (bicyclic) bond motifs is 1. The molecule has 0 radical (unpaired) electrons. The van der Waals surface area contributed by atoms with Crippen LogP contribution >= 0.6 is 33.9 Å². The predicted molar refractivity (Wildman–Crippen MR) is 76.6 cm³/mol. The van der Waals surface area contributed by atoms with Gasteiger partial charge in [-0.15, -0.1) is 11.3 Å². The maximum absolute atomic E-state index is 5.74. The Labute approximate surface area is 116 Å². The zero-order valence-electron chi connectivity index (χ0n) is 8.84. The number of rotatable bonds is 3. The average molecular weight is 356 g/mol. The zero-order chi connectivity index (χ0) is 11.7. The molecule has 5 heteroatoms. The van der Waals surface area contributed by atoms with Crippen LogP contribution in [0.5, 0.6) is 5.75 Å². The standard InChI is InChI=1S/C12H9IN2OS/c13-10-3-1-2-4-11(10)16-8-9-7-15-5-6-17-12(15)14-9/h1-7H,8H2. The van der Waals surface area contributed by atoms with Gasteiger partial charge in [0.05, 0.1) is 9.26 Å². The van der Waals surface area contributed by atoms with Gasteiger partial charge in [-0.2, -0.15) is 0 Å². The smallest absolute Gasteiger partial charge is 0.193 e. The largest absolute Gasteiger partial charge is 0.486 e. The van der Waals surface area contributed by atoms with Gasteiger partial charge in [0.25, 0.3) is 0 Å². The number of benzene rings is 1. The van der Waals surface area contributed by atoms with Crippen molar-refractivity contribution >= 4 is 38.9 Å². The lowest BCUT2D eigenvalue weighted by molar-refractivity contribution is 0.300. The van der Waals surface area contributed by atoms with E-state index in [0.29, 0.717) is 6.61 Å². The lowest BCUT2D eigenvalue weighted by Crippen LogP contribution is -1.96. The molecular formula is C12H9IN2OS. The maximum atomic E-state index is 5.74. The maximum Gasteiger partial charge on any atom is 0.193 e. The first-order valence-electron chi connectivity index (χ1n) is 5.11. The molecule has 0 aliphatic rings. The summed E-state index contributed by atoms with van der Waals surface area (Å²) in [5, 5.41) is 2.02. The van der Waals surface area contributed by atoms with E-state index < -0.39 is 0 Å². The molecule has 3 nitrogen and oxygen atoms in total. The molecule has 0 bridgehead atoms. The molecule has 0 N–H and O–H groups in total. The molecule has 3 rings (SSSR count). The number of halogens is 1. The van der Waals surface area contributed by atoms with E-state index in [2.05, 4.69) is 27.6 Å². The number of aromatic nitrogens is 2. The molecule has 2 aromatic heterocycles. The third-order valence-corrected chi connectivity index (χ3v) is 4.02. The van der Waals surface area contributed by atoms with Gasteiger partial charge in [-0.05, 0) is 34.7 Å². The first-order chi connectivity index (χ1) is 8.33. The zero-order valence-corrected chi connectivity index (χ0v) is 11.8. The summed E-state index contributed by atoms with van der Waals surface area (Å²) in [5.41, 5.74) is 0.955. The van der Waals surface area contributed by atoms with Gasteiger partial charge >= 0.3 is 0 Å². The van der Waals surface area contributed by atoms with Gasteiger partial charge in [0.2, 0.25) is 0 Å². The number of ether oxygens (including phenoxy) is 1. The minimum Gasteiger partial charge on any atom is -0.486 e. The molecule has 0 aliphatic heterocycles. The fraction of sp³-hybridized carbons (Fsp3) is 0.0833. The Balaban J connectivity index is 1.76. The van der Waals surface area contributed by atoms with Gasteiger partial charge in [0.1, 0.15) is 12.4 Å². The average Bonchev–Trinajstić information content (AvgIpc) is 2.88. The van der Waals surface area contributed by atoms with Crippen molar-refractivity contribution in [1.29, 1.82) is 0 Å². The van der Waals surface area contributed by atoms with Crippen LogP contribution in [0.3, 0.4) is 0 Å². The highest BCUT2D eigenvalue weighted by atomic mass is 127. The summed E-state index contributed by atoms with van der Waals surface area (Å²) >= 11 is 3.90. The fourth-order valence-corrected chi connectivity index (χ4v) is 2.82. The van der Waals surface area contributed by atoms with E-state index in [1.54, 1.807) is 11.3 Å². The second-order valence-electron chi connectivity index (χ2n) is 3.54. The molecule has 0 spiro atoms. The van der Waals surface area contributed by atoms with Gasteiger partial charge in [-0.1, -0.05) is 12.1 Å². The molecule has 0 atom stereocenters. The quantitative estimate of drug-likeness (QED) is 0.671. The normalized spacial score (nSPS) is 10.9. The van der Waals surface area contributed by atoms with E-state index in [4.69, 9.17) is 4.74 Å². The fourth-order valence-electron chi connectivity index (χ4n) is 1.56. The van der Waals surface area contributed by atoms with Crippen molar-refractivity contribution in [2.24, 2.45) is 0 Å². The number of nitrogens with zero attached hydrogens (tertiary/aromatic N) is 2. The Morgan fingerprint density at radius 3 is 3.06 bits per heavy atom. The van der Waals surface area contributed by atoms with Crippen LogP contribution in [-0.4, -0.2) is 9.38 Å². The van der Waals surface area contributed by atoms with Gasteiger partial charge in [0, 0.05) is 17.8 Å². The van der Waals surface area contributed by atoms with Gasteiger partial charge in [-0.3, -0.25) is 4.40 Å². The highest BCUT2D eigenvalue weighted by molar-refractivity contribution is 14.1. The van der Waals surface area contributed by atoms with Crippen molar-refractivity contribution < 1.29 is 4.74 Å². The molecule has 3 aromatic rings. The molecular weight excluding hydrogens is 347 g/mol. The molecule has 17 heavy (non-hydrogen) atoms. The summed E-state index contributed by atoms with van der Waals surface area (Å²) in [7, 11) is 0. The Hall–Kier alpha value is -1.08. The van der Waals surface area contributed by atoms with Crippen LogP contribution in [0.4, 0.5) is 0 Å². The third-order valence-electron chi connectivity index (χ3n) is 2.36. The van der Waals surface area contributed by atoms with Crippen LogP contribution in [0, 0.1) is 3.57 Å². The lowest BCUT2D eigenvalue weighted by Gasteiger charge is -2.05. The summed E-state index contributed by atoms with van der Waals surface area (Å²) < 4.78 is 8.87. The molecule has 0 saturated heterocycles. The Morgan fingerprint density at radius 1 is 1.35 bits per heavy atom. The monoisotopic (exact) mass is 356 g/mol. The molecule has 0 aliphatic carbocycles. The summed E-state index contributed by atoms with van der Waals surface area (Å²) in [6.45, 7) is 0.508. The summed E-state index contributed by atoms with van der Waals surface area (Å²) in [6, 6.07) is 7.98. The topological polar surface area (TPSA) is 26.5 Å². The molecule has 0 amide bonds. The van der Waals surface area contributed by atoms with E-state index in [0.717, 1.165) is 20.0 Å². The second-order valence-corrected chi connectivity index (χ2v) is 5.58. The SMILES string of the molecule is Ic1ccccc1OCc1cn2ccsc2n1. The van der Waals surface area contributed by atoms with E-state index in [9.17, 15) is 0 Å². The van der Waals surface area contributed by atoms with Crippen LogP contribution in [0.1, 0.15) is 5.69 Å². The number of hydrogen-bond donors (Lipinski definition) is 0. The molecule has 0 unspecified atom stereocenters. The molecule has 0 saturated carbocycles. The highest BCUT2D eigenvalue weighted by Crippen LogP contribution is 2.21. The predicted octanol–water partition coefficient (Wildman–Crippen LogP) is 3.58. The summed E-state index contributed by atoms with van der Waals surface area (Å²) in [6.07, 6.45) is 4.00. The van der Waals surface area contributed by atoms with Crippen LogP contribution in [-0.2, 0) is 6.61 Å². The Kier molecular flexibility index (Phi) is 3.02. The molecule has 0 fully saturated rings. The van der Waals surface area contributed by atoms with Crippen LogP contribution < -0.4 is 4.74 Å². The van der Waals surface area contributed by atoms with Gasteiger partial charge < -0.3 is 4.74 Å². The second kappa shape index (κ2) is 4.66. The number of thiazole rings is 1. The van der Waals surface area contributed by atoms with E-state index >= 15 is 0 Å². The van der Waals surface area contributed by atoms with Crippen LogP contribution in [0.2, 0.25) is 0 Å². The minimum absolute atomic E-state index is 0.508. The van der Waals surface area contributed by atoms with Crippen molar-refractivity contribution in [1.82, 2.24) is 9.38 Å². The van der Waals surface area contributed by atoms with Gasteiger partial charge in [0.15, 0.2) is 4.96 Å². The number of hydrogen-bond acceptors (Lipinski definition) is 3. The molecule has 1 aromatic carbocycles. The number of imidazole rings is 1. The van der Waals surface area contributed by atoms with Gasteiger partial charge in [-0.25, -0.2) is 4.98 Å². The number of para-hydroxylation sites is 1. The first-order valence-corrected chi connectivity index (χ1v) is 7.07. The van der Waals surface area contributed by atoms with E-state index in [1.807, 2.05) is 46.4 Å². The third kappa shape index (κ3) is 2.30. The Morgan fingerprint density at radius 2 is 2.24 bits per heavy atom.